The van der Waals surface area contributed by atoms with Gasteiger partial charge in [-0.15, -0.1) is 0 Å². The summed E-state index contributed by atoms with van der Waals surface area (Å²) in [6.45, 7) is 0.628. The number of rotatable bonds is 4. The monoisotopic (exact) mass is 315 g/mol. The van der Waals surface area contributed by atoms with Gasteiger partial charge < -0.3 is 15.1 Å². The smallest absolute Gasteiger partial charge is 0.257 e. The zero-order valence-corrected chi connectivity index (χ0v) is 12.9. The molecule has 0 radical (unpaired) electrons. The van der Waals surface area contributed by atoms with Crippen LogP contribution in [0.15, 0.2) is 42.7 Å². The number of aromatic nitrogens is 2. The number of likely N-dealkylation sites (tertiary alicyclic amines) is 1. The van der Waals surface area contributed by atoms with Gasteiger partial charge in [-0.2, -0.15) is 5.10 Å². The van der Waals surface area contributed by atoms with Gasteiger partial charge in [0.1, 0.15) is 0 Å². The largest absolute Gasteiger partial charge is 0.396 e. The molecule has 6 nitrogen and oxygen atoms in total. The Labute approximate surface area is 134 Å². The molecule has 1 amide bonds. The van der Waals surface area contributed by atoms with Gasteiger partial charge in [-0.25, -0.2) is 0 Å². The van der Waals surface area contributed by atoms with Gasteiger partial charge in [0, 0.05) is 24.7 Å². The van der Waals surface area contributed by atoms with Crippen molar-refractivity contribution >= 4 is 5.91 Å². The first-order valence-electron chi connectivity index (χ1n) is 7.75. The van der Waals surface area contributed by atoms with E-state index >= 15 is 0 Å². The molecule has 3 N–H and O–H groups in total. The van der Waals surface area contributed by atoms with Crippen molar-refractivity contribution in [2.45, 2.75) is 18.9 Å². The lowest BCUT2D eigenvalue weighted by atomic mass is 9.73. The van der Waals surface area contributed by atoms with Crippen LogP contribution in [0.25, 0.3) is 0 Å². The van der Waals surface area contributed by atoms with Gasteiger partial charge in [-0.1, -0.05) is 30.3 Å². The number of carbonyl (C=O) groups excluding carboxylic acids is 1. The first kappa shape index (κ1) is 15.7. The Hall–Kier alpha value is -2.18. The molecule has 6 heteroatoms. The number of benzene rings is 1. The van der Waals surface area contributed by atoms with Crippen LogP contribution in [0, 0.1) is 5.41 Å². The zero-order chi connectivity index (χ0) is 16.3. The summed E-state index contributed by atoms with van der Waals surface area (Å²) >= 11 is 0. The lowest BCUT2D eigenvalue weighted by Crippen LogP contribution is -2.56. The molecular formula is C17H21N3O3. The molecule has 1 fully saturated rings. The highest BCUT2D eigenvalue weighted by Crippen LogP contribution is 2.34. The maximum Gasteiger partial charge on any atom is 0.257 e. The summed E-state index contributed by atoms with van der Waals surface area (Å²) in [5.74, 6) is -0.128. The molecule has 23 heavy (non-hydrogen) atoms. The first-order chi connectivity index (χ1) is 11.1. The second-order valence-electron chi connectivity index (χ2n) is 6.20. The number of aromatic amines is 1. The molecule has 1 saturated heterocycles. The van der Waals surface area contributed by atoms with E-state index in [9.17, 15) is 15.0 Å². The molecule has 1 aliphatic heterocycles. The first-order valence-corrected chi connectivity index (χ1v) is 7.75. The predicted octanol–water partition coefficient (Wildman–Crippen LogP) is 0.838. The average Bonchev–Trinajstić information content (AvgIpc) is 3.12. The van der Waals surface area contributed by atoms with Gasteiger partial charge in [-0.05, 0) is 18.4 Å². The molecule has 0 unspecified atom stereocenters. The van der Waals surface area contributed by atoms with Crippen LogP contribution in [0.4, 0.5) is 0 Å². The Morgan fingerprint density at radius 3 is 2.83 bits per heavy atom. The van der Waals surface area contributed by atoms with E-state index in [0.717, 1.165) is 5.56 Å². The minimum absolute atomic E-state index is 0.128. The second-order valence-corrected chi connectivity index (χ2v) is 6.20. The zero-order valence-electron chi connectivity index (χ0n) is 12.9. The molecule has 2 heterocycles. The van der Waals surface area contributed by atoms with Crippen LogP contribution in [-0.4, -0.2) is 57.0 Å². The van der Waals surface area contributed by atoms with Crippen molar-refractivity contribution in [3.63, 3.8) is 0 Å². The second kappa shape index (κ2) is 6.52. The van der Waals surface area contributed by atoms with E-state index in [1.165, 1.54) is 6.20 Å². The van der Waals surface area contributed by atoms with Crippen LogP contribution in [0.3, 0.4) is 0 Å². The summed E-state index contributed by atoms with van der Waals surface area (Å²) < 4.78 is 0. The average molecular weight is 315 g/mol. The highest BCUT2D eigenvalue weighted by atomic mass is 16.3. The molecule has 1 aliphatic rings. The molecular weight excluding hydrogens is 294 g/mol. The number of hydrogen-bond acceptors (Lipinski definition) is 4. The van der Waals surface area contributed by atoms with Gasteiger partial charge in [0.15, 0.2) is 0 Å². The van der Waals surface area contributed by atoms with Crippen LogP contribution in [0.5, 0.6) is 0 Å². The summed E-state index contributed by atoms with van der Waals surface area (Å²) in [6.07, 6.45) is 3.40. The van der Waals surface area contributed by atoms with Gasteiger partial charge in [0.2, 0.25) is 0 Å². The van der Waals surface area contributed by atoms with E-state index in [4.69, 9.17) is 0 Å². The molecule has 2 atom stereocenters. The summed E-state index contributed by atoms with van der Waals surface area (Å²) in [6, 6.07) is 9.75. The molecule has 1 aromatic heterocycles. The summed E-state index contributed by atoms with van der Waals surface area (Å²) in [7, 11) is 0. The molecule has 0 aliphatic carbocycles. The minimum Gasteiger partial charge on any atom is -0.396 e. The number of hydrogen-bond donors (Lipinski definition) is 3. The van der Waals surface area contributed by atoms with E-state index in [2.05, 4.69) is 10.2 Å². The van der Waals surface area contributed by atoms with Crippen molar-refractivity contribution in [3.8, 4) is 0 Å². The van der Waals surface area contributed by atoms with Crippen LogP contribution < -0.4 is 0 Å². The SMILES string of the molecule is O=C(c1cn[nH]c1)N1CC[C@H](O)[C@](CO)(Cc2ccccc2)C1. The maximum absolute atomic E-state index is 12.5. The third-order valence-electron chi connectivity index (χ3n) is 4.63. The number of piperidine rings is 1. The van der Waals surface area contributed by atoms with Crippen LogP contribution in [0.2, 0.25) is 0 Å². The molecule has 3 rings (SSSR count). The van der Waals surface area contributed by atoms with Gasteiger partial charge in [0.05, 0.1) is 24.5 Å². The Morgan fingerprint density at radius 1 is 1.39 bits per heavy atom. The lowest BCUT2D eigenvalue weighted by Gasteiger charge is -2.45. The Balaban J connectivity index is 1.82. The van der Waals surface area contributed by atoms with Gasteiger partial charge in [0.25, 0.3) is 5.91 Å². The standard InChI is InChI=1S/C17H21N3O3/c21-12-17(8-13-4-2-1-3-5-13)11-20(7-6-15(17)22)16(23)14-9-18-19-10-14/h1-5,9-10,15,21-22H,6-8,11-12H2,(H,18,19)/t15-,17+/m0/s1. The fraction of sp³-hybridized carbons (Fsp3) is 0.412. The van der Waals surface area contributed by atoms with Crippen molar-refractivity contribution in [2.75, 3.05) is 19.7 Å². The molecule has 0 saturated carbocycles. The normalized spacial score (nSPS) is 24.6. The quantitative estimate of drug-likeness (QED) is 0.780. The minimum atomic E-state index is -0.737. The van der Waals surface area contributed by atoms with E-state index < -0.39 is 11.5 Å². The summed E-state index contributed by atoms with van der Waals surface area (Å²) in [5.41, 5.74) is 0.796. The third-order valence-corrected chi connectivity index (χ3v) is 4.63. The predicted molar refractivity (Wildman–Crippen MR) is 84.8 cm³/mol. The molecule has 1 aromatic carbocycles. The highest BCUT2D eigenvalue weighted by molar-refractivity contribution is 5.93. The van der Waals surface area contributed by atoms with Gasteiger partial charge in [-0.3, -0.25) is 9.89 Å². The Morgan fingerprint density at radius 2 is 2.17 bits per heavy atom. The molecule has 2 aromatic rings. The van der Waals surface area contributed by atoms with Crippen molar-refractivity contribution in [1.82, 2.24) is 15.1 Å². The van der Waals surface area contributed by atoms with Gasteiger partial charge >= 0.3 is 0 Å². The maximum atomic E-state index is 12.5. The highest BCUT2D eigenvalue weighted by Gasteiger charge is 2.43. The number of carbonyl (C=O) groups is 1. The molecule has 0 spiro atoms. The third kappa shape index (κ3) is 3.13. The van der Waals surface area contributed by atoms with E-state index in [0.29, 0.717) is 31.5 Å². The van der Waals surface area contributed by atoms with E-state index in [-0.39, 0.29) is 12.5 Å². The fourth-order valence-electron chi connectivity index (χ4n) is 3.26. The van der Waals surface area contributed by atoms with E-state index in [1.54, 1.807) is 11.1 Å². The molecule has 0 bridgehead atoms. The lowest BCUT2D eigenvalue weighted by molar-refractivity contribution is -0.0668. The van der Waals surface area contributed by atoms with E-state index in [1.807, 2.05) is 30.3 Å². The number of nitrogens with one attached hydrogen (secondary N) is 1. The topological polar surface area (TPSA) is 89.5 Å². The number of aliphatic hydroxyl groups is 2. The fourth-order valence-corrected chi connectivity index (χ4v) is 3.26. The van der Waals surface area contributed by atoms with Crippen molar-refractivity contribution in [3.05, 3.63) is 53.9 Å². The number of amides is 1. The Kier molecular flexibility index (Phi) is 4.45. The van der Waals surface area contributed by atoms with Crippen LogP contribution >= 0.6 is 0 Å². The van der Waals surface area contributed by atoms with Crippen molar-refractivity contribution < 1.29 is 15.0 Å². The number of H-pyrrole nitrogens is 1. The van der Waals surface area contributed by atoms with Crippen molar-refractivity contribution in [2.24, 2.45) is 5.41 Å². The van der Waals surface area contributed by atoms with Crippen LogP contribution in [0.1, 0.15) is 22.3 Å². The van der Waals surface area contributed by atoms with Crippen molar-refractivity contribution in [1.29, 1.82) is 0 Å². The number of aliphatic hydroxyl groups excluding tert-OH is 2. The Bertz CT molecular complexity index is 644. The summed E-state index contributed by atoms with van der Waals surface area (Å²) in [5, 5.41) is 26.9. The van der Waals surface area contributed by atoms with Crippen LogP contribution in [-0.2, 0) is 6.42 Å². The summed E-state index contributed by atoms with van der Waals surface area (Å²) in [4.78, 5) is 14.2. The number of nitrogens with zero attached hydrogens (tertiary/aromatic N) is 2. The molecule has 122 valence electrons.